The highest BCUT2D eigenvalue weighted by atomic mass is 16.6. The molecule has 0 amide bonds. The van der Waals surface area contributed by atoms with Crippen molar-refractivity contribution in [2.24, 2.45) is 17.3 Å². The van der Waals surface area contributed by atoms with Crippen LogP contribution < -0.4 is 0 Å². The molecule has 0 bridgehead atoms. The van der Waals surface area contributed by atoms with Crippen LogP contribution in [0.1, 0.15) is 53.4 Å². The molecule has 0 aromatic heterocycles. The van der Waals surface area contributed by atoms with Gasteiger partial charge in [0.1, 0.15) is 0 Å². The number of aliphatic hydroxyl groups is 1. The van der Waals surface area contributed by atoms with Gasteiger partial charge < -0.3 is 9.84 Å². The van der Waals surface area contributed by atoms with Gasteiger partial charge in [-0.15, -0.1) is 0 Å². The maximum atomic E-state index is 9.70. The number of rotatable bonds is 3. The van der Waals surface area contributed by atoms with Crippen LogP contribution in [-0.2, 0) is 4.74 Å². The minimum atomic E-state index is -0.570. The van der Waals surface area contributed by atoms with Gasteiger partial charge in [-0.3, -0.25) is 0 Å². The molecule has 2 rings (SSSR count). The highest BCUT2D eigenvalue weighted by Gasteiger charge is 2.73. The number of hydrogen-bond donors (Lipinski definition) is 1. The fourth-order valence-electron chi connectivity index (χ4n) is 3.60. The first kappa shape index (κ1) is 11.4. The van der Waals surface area contributed by atoms with Crippen molar-refractivity contribution in [3.63, 3.8) is 0 Å². The van der Waals surface area contributed by atoms with Crippen molar-refractivity contribution in [3.05, 3.63) is 0 Å². The van der Waals surface area contributed by atoms with E-state index in [1.807, 2.05) is 6.92 Å². The quantitative estimate of drug-likeness (QED) is 0.729. The Kier molecular flexibility index (Phi) is 2.63. The summed E-state index contributed by atoms with van der Waals surface area (Å²) >= 11 is 0. The zero-order chi connectivity index (χ0) is 11.3. The zero-order valence-corrected chi connectivity index (χ0v) is 10.4. The Hall–Kier alpha value is -0.0800. The first-order valence-corrected chi connectivity index (χ1v) is 6.30. The largest absolute Gasteiger partial charge is 0.368 e. The molecule has 2 heteroatoms. The summed E-state index contributed by atoms with van der Waals surface area (Å²) in [5, 5.41) is 9.70. The first-order valence-electron chi connectivity index (χ1n) is 6.30. The van der Waals surface area contributed by atoms with Crippen LogP contribution in [0.25, 0.3) is 0 Å². The maximum absolute atomic E-state index is 9.70. The standard InChI is InChI=1S/C13H24O2/c1-5-11(14)15-13-8-9(2)6-7-10(13)12(13,3)4/h9-11,14H,5-8H2,1-4H3. The summed E-state index contributed by atoms with van der Waals surface area (Å²) in [5.41, 5.74) is 0.258. The van der Waals surface area contributed by atoms with E-state index in [0.29, 0.717) is 12.3 Å². The smallest absolute Gasteiger partial charge is 0.155 e. The second kappa shape index (κ2) is 3.46. The Bertz CT molecular complexity index is 249. The predicted octanol–water partition coefficient (Wildman–Crippen LogP) is 2.95. The third-order valence-electron chi connectivity index (χ3n) is 4.74. The molecule has 0 aliphatic heterocycles. The van der Waals surface area contributed by atoms with Crippen molar-refractivity contribution < 1.29 is 9.84 Å². The van der Waals surface area contributed by atoms with E-state index in [-0.39, 0.29) is 11.0 Å². The van der Waals surface area contributed by atoms with Crippen LogP contribution in [0.4, 0.5) is 0 Å². The van der Waals surface area contributed by atoms with Gasteiger partial charge in [0, 0.05) is 0 Å². The molecule has 88 valence electrons. The SMILES string of the molecule is CCC(O)OC12CC(C)CCC1C2(C)C. The van der Waals surface area contributed by atoms with E-state index in [9.17, 15) is 5.11 Å². The zero-order valence-electron chi connectivity index (χ0n) is 10.4. The third-order valence-corrected chi connectivity index (χ3v) is 4.74. The van der Waals surface area contributed by atoms with Gasteiger partial charge in [-0.1, -0.05) is 34.1 Å². The lowest BCUT2D eigenvalue weighted by Crippen LogP contribution is -2.32. The summed E-state index contributed by atoms with van der Waals surface area (Å²) in [4.78, 5) is 0. The second-order valence-corrected chi connectivity index (χ2v) is 6.03. The van der Waals surface area contributed by atoms with E-state index in [1.165, 1.54) is 12.8 Å². The summed E-state index contributed by atoms with van der Waals surface area (Å²) in [5.74, 6) is 1.41. The average molecular weight is 212 g/mol. The van der Waals surface area contributed by atoms with Crippen molar-refractivity contribution in [1.82, 2.24) is 0 Å². The van der Waals surface area contributed by atoms with Gasteiger partial charge in [-0.25, -0.2) is 0 Å². The van der Waals surface area contributed by atoms with Gasteiger partial charge >= 0.3 is 0 Å². The maximum Gasteiger partial charge on any atom is 0.155 e. The molecular weight excluding hydrogens is 188 g/mol. The van der Waals surface area contributed by atoms with Crippen molar-refractivity contribution in [2.75, 3.05) is 0 Å². The first-order chi connectivity index (χ1) is 6.94. The molecule has 4 atom stereocenters. The normalized spacial score (nSPS) is 44.6. The van der Waals surface area contributed by atoms with Crippen LogP contribution in [0, 0.1) is 17.3 Å². The lowest BCUT2D eigenvalue weighted by atomic mass is 9.88. The molecule has 15 heavy (non-hydrogen) atoms. The Balaban J connectivity index is 2.11. The lowest BCUT2D eigenvalue weighted by molar-refractivity contribution is -0.172. The highest BCUT2D eigenvalue weighted by molar-refractivity contribution is 5.22. The molecule has 2 aliphatic carbocycles. The van der Waals surface area contributed by atoms with Gasteiger partial charge in [0.25, 0.3) is 0 Å². The van der Waals surface area contributed by atoms with E-state index in [0.717, 1.165) is 12.3 Å². The number of ether oxygens (including phenoxy) is 1. The average Bonchev–Trinajstić information content (AvgIpc) is 2.62. The molecule has 0 spiro atoms. The minimum absolute atomic E-state index is 0.0138. The molecule has 2 aliphatic rings. The van der Waals surface area contributed by atoms with Crippen LogP contribution in [0.15, 0.2) is 0 Å². The van der Waals surface area contributed by atoms with Gasteiger partial charge in [0.05, 0.1) is 5.60 Å². The Labute approximate surface area is 93.0 Å². The van der Waals surface area contributed by atoms with Crippen LogP contribution >= 0.6 is 0 Å². The fourth-order valence-corrected chi connectivity index (χ4v) is 3.60. The van der Waals surface area contributed by atoms with E-state index >= 15 is 0 Å². The molecule has 1 N–H and O–H groups in total. The van der Waals surface area contributed by atoms with Gasteiger partial charge in [0.15, 0.2) is 6.29 Å². The van der Waals surface area contributed by atoms with Crippen LogP contribution in [0.5, 0.6) is 0 Å². The number of hydrogen-bond acceptors (Lipinski definition) is 2. The van der Waals surface area contributed by atoms with Gasteiger partial charge in [-0.05, 0) is 36.5 Å². The molecule has 0 radical (unpaired) electrons. The molecule has 2 fully saturated rings. The van der Waals surface area contributed by atoms with E-state index < -0.39 is 6.29 Å². The molecule has 0 aromatic rings. The summed E-state index contributed by atoms with van der Waals surface area (Å²) in [6.45, 7) is 8.85. The van der Waals surface area contributed by atoms with Gasteiger partial charge in [0.2, 0.25) is 0 Å². The topological polar surface area (TPSA) is 29.5 Å². The summed E-state index contributed by atoms with van der Waals surface area (Å²) in [7, 11) is 0. The summed E-state index contributed by atoms with van der Waals surface area (Å²) < 4.78 is 5.94. The second-order valence-electron chi connectivity index (χ2n) is 6.03. The predicted molar refractivity (Wildman–Crippen MR) is 60.4 cm³/mol. The van der Waals surface area contributed by atoms with Crippen molar-refractivity contribution >= 4 is 0 Å². The monoisotopic (exact) mass is 212 g/mol. The van der Waals surface area contributed by atoms with Crippen LogP contribution in [0.2, 0.25) is 0 Å². The Morgan fingerprint density at radius 1 is 1.40 bits per heavy atom. The lowest BCUT2D eigenvalue weighted by Gasteiger charge is -2.30. The van der Waals surface area contributed by atoms with Crippen LogP contribution in [-0.4, -0.2) is 17.0 Å². The molecule has 0 saturated heterocycles. The van der Waals surface area contributed by atoms with Gasteiger partial charge in [-0.2, -0.15) is 0 Å². The molecule has 0 aromatic carbocycles. The molecule has 0 heterocycles. The summed E-state index contributed by atoms with van der Waals surface area (Å²) in [6, 6.07) is 0. The van der Waals surface area contributed by atoms with E-state index in [4.69, 9.17) is 4.74 Å². The number of aliphatic hydroxyl groups excluding tert-OH is 1. The fraction of sp³-hybridized carbons (Fsp3) is 1.00. The molecule has 2 nitrogen and oxygen atoms in total. The summed E-state index contributed by atoms with van der Waals surface area (Å²) in [6.07, 6.45) is 3.84. The Morgan fingerprint density at radius 3 is 2.67 bits per heavy atom. The third kappa shape index (κ3) is 1.53. The van der Waals surface area contributed by atoms with E-state index in [2.05, 4.69) is 20.8 Å². The minimum Gasteiger partial charge on any atom is -0.368 e. The molecular formula is C13H24O2. The molecule has 2 saturated carbocycles. The van der Waals surface area contributed by atoms with Crippen molar-refractivity contribution in [3.8, 4) is 0 Å². The van der Waals surface area contributed by atoms with E-state index in [1.54, 1.807) is 0 Å². The van der Waals surface area contributed by atoms with Crippen molar-refractivity contribution in [1.29, 1.82) is 0 Å². The number of fused-ring (bicyclic) bond motifs is 1. The van der Waals surface area contributed by atoms with Crippen molar-refractivity contribution in [2.45, 2.75) is 65.3 Å². The molecule has 4 unspecified atom stereocenters. The van der Waals surface area contributed by atoms with Crippen LogP contribution in [0.3, 0.4) is 0 Å². The highest BCUT2D eigenvalue weighted by Crippen LogP contribution is 2.71. The Morgan fingerprint density at radius 2 is 2.07 bits per heavy atom.